The van der Waals surface area contributed by atoms with Crippen LogP contribution in [0.1, 0.15) is 23.7 Å². The molecule has 1 unspecified atom stereocenters. The molecule has 2 rings (SSSR count). The summed E-state index contributed by atoms with van der Waals surface area (Å²) >= 11 is 5.86. The van der Waals surface area contributed by atoms with Gasteiger partial charge in [-0.25, -0.2) is 0 Å². The van der Waals surface area contributed by atoms with E-state index in [1.807, 2.05) is 25.1 Å². The van der Waals surface area contributed by atoms with E-state index in [0.717, 1.165) is 18.5 Å². The number of rotatable bonds is 7. The van der Waals surface area contributed by atoms with E-state index >= 15 is 0 Å². The molecule has 110 valence electrons. The van der Waals surface area contributed by atoms with Crippen molar-refractivity contribution in [2.75, 3.05) is 6.61 Å². The van der Waals surface area contributed by atoms with Crippen LogP contribution < -0.4 is 9.47 Å². The molecule has 0 radical (unpaired) electrons. The number of halogens is 1. The Morgan fingerprint density at radius 1 is 1.10 bits per heavy atom. The van der Waals surface area contributed by atoms with Crippen LogP contribution in [0.2, 0.25) is 0 Å². The van der Waals surface area contributed by atoms with Crippen molar-refractivity contribution in [2.45, 2.75) is 18.7 Å². The summed E-state index contributed by atoms with van der Waals surface area (Å²) in [5.41, 5.74) is 0.522. The average molecular weight is 305 g/mol. The number of aldehydes is 1. The van der Waals surface area contributed by atoms with Gasteiger partial charge in [-0.05, 0) is 49.7 Å². The zero-order valence-corrected chi connectivity index (χ0v) is 12.5. The van der Waals surface area contributed by atoms with E-state index in [1.54, 1.807) is 30.3 Å². The minimum atomic E-state index is 0.104. The van der Waals surface area contributed by atoms with Crippen molar-refractivity contribution >= 4 is 17.9 Å². The summed E-state index contributed by atoms with van der Waals surface area (Å²) < 4.78 is 11.3. The van der Waals surface area contributed by atoms with Crippen LogP contribution in [0.25, 0.3) is 0 Å². The fourth-order valence-corrected chi connectivity index (χ4v) is 1.83. The Kier molecular flexibility index (Phi) is 5.64. The lowest BCUT2D eigenvalue weighted by atomic mass is 10.2. The highest BCUT2D eigenvalue weighted by Gasteiger charge is 2.04. The molecule has 0 aliphatic heterocycles. The number of para-hydroxylation sites is 1. The topological polar surface area (TPSA) is 35.5 Å². The second-order valence-electron chi connectivity index (χ2n) is 4.65. The number of carbonyl (C=O) groups is 1. The summed E-state index contributed by atoms with van der Waals surface area (Å²) in [6.45, 7) is 2.52. The molecule has 0 bridgehead atoms. The van der Waals surface area contributed by atoms with Crippen LogP contribution in [0.4, 0.5) is 0 Å². The molecule has 0 N–H and O–H groups in total. The first-order valence-corrected chi connectivity index (χ1v) is 7.21. The van der Waals surface area contributed by atoms with E-state index in [9.17, 15) is 4.79 Å². The standard InChI is InChI=1S/C17H17ClO3/c1-13(18)10-11-20-15-6-8-16(9-7-15)21-17-5-3-2-4-14(17)12-19/h2-9,12-13H,10-11H2,1H3. The summed E-state index contributed by atoms with van der Waals surface area (Å²) in [7, 11) is 0. The van der Waals surface area contributed by atoms with Gasteiger partial charge in [-0.1, -0.05) is 12.1 Å². The molecular weight excluding hydrogens is 288 g/mol. The van der Waals surface area contributed by atoms with E-state index in [0.29, 0.717) is 23.7 Å². The molecule has 1 atom stereocenters. The van der Waals surface area contributed by atoms with E-state index < -0.39 is 0 Å². The van der Waals surface area contributed by atoms with Crippen LogP contribution in [0.15, 0.2) is 48.5 Å². The van der Waals surface area contributed by atoms with Crippen molar-refractivity contribution in [3.05, 3.63) is 54.1 Å². The number of benzene rings is 2. The lowest BCUT2D eigenvalue weighted by Gasteiger charge is -2.10. The Morgan fingerprint density at radius 2 is 1.76 bits per heavy atom. The smallest absolute Gasteiger partial charge is 0.153 e. The van der Waals surface area contributed by atoms with Crippen molar-refractivity contribution in [3.8, 4) is 17.2 Å². The van der Waals surface area contributed by atoms with Crippen LogP contribution in [-0.4, -0.2) is 18.3 Å². The van der Waals surface area contributed by atoms with Gasteiger partial charge in [-0.15, -0.1) is 11.6 Å². The van der Waals surface area contributed by atoms with Crippen molar-refractivity contribution in [1.29, 1.82) is 0 Å². The lowest BCUT2D eigenvalue weighted by molar-refractivity contribution is 0.112. The number of hydrogen-bond acceptors (Lipinski definition) is 3. The molecule has 0 spiro atoms. The zero-order valence-electron chi connectivity index (χ0n) is 11.8. The normalized spacial score (nSPS) is 11.7. The Hall–Kier alpha value is -2.00. The minimum absolute atomic E-state index is 0.104. The molecule has 4 heteroatoms. The number of hydrogen-bond donors (Lipinski definition) is 0. The van der Waals surface area contributed by atoms with Crippen molar-refractivity contribution in [2.24, 2.45) is 0 Å². The van der Waals surface area contributed by atoms with E-state index in [-0.39, 0.29) is 5.38 Å². The van der Waals surface area contributed by atoms with Gasteiger partial charge in [-0.2, -0.15) is 0 Å². The Labute approximate surface area is 129 Å². The predicted molar refractivity (Wildman–Crippen MR) is 83.8 cm³/mol. The Balaban J connectivity index is 1.97. The van der Waals surface area contributed by atoms with Gasteiger partial charge in [0.25, 0.3) is 0 Å². The van der Waals surface area contributed by atoms with Crippen LogP contribution in [0.3, 0.4) is 0 Å². The highest BCUT2D eigenvalue weighted by atomic mass is 35.5. The first kappa shape index (κ1) is 15.4. The summed E-state index contributed by atoms with van der Waals surface area (Å²) in [5.74, 6) is 1.96. The highest BCUT2D eigenvalue weighted by Crippen LogP contribution is 2.26. The van der Waals surface area contributed by atoms with Gasteiger partial charge in [-0.3, -0.25) is 4.79 Å². The number of ether oxygens (including phenoxy) is 2. The molecule has 0 saturated carbocycles. The quantitative estimate of drug-likeness (QED) is 0.550. The summed E-state index contributed by atoms with van der Waals surface area (Å²) in [6, 6.07) is 14.4. The van der Waals surface area contributed by atoms with Gasteiger partial charge in [0.15, 0.2) is 6.29 Å². The Morgan fingerprint density at radius 3 is 2.43 bits per heavy atom. The molecule has 0 saturated heterocycles. The summed E-state index contributed by atoms with van der Waals surface area (Å²) in [5, 5.41) is 0.104. The van der Waals surface area contributed by atoms with Gasteiger partial charge < -0.3 is 9.47 Å². The molecule has 2 aromatic rings. The molecule has 0 aliphatic rings. The maximum absolute atomic E-state index is 10.9. The molecule has 0 fully saturated rings. The molecule has 0 amide bonds. The maximum atomic E-state index is 10.9. The van der Waals surface area contributed by atoms with Crippen LogP contribution in [0.5, 0.6) is 17.2 Å². The molecule has 0 aliphatic carbocycles. The molecular formula is C17H17ClO3. The zero-order chi connectivity index (χ0) is 15.1. The van der Waals surface area contributed by atoms with E-state index in [1.165, 1.54) is 0 Å². The summed E-state index contributed by atoms with van der Waals surface area (Å²) in [6.07, 6.45) is 1.58. The van der Waals surface area contributed by atoms with Gasteiger partial charge in [0.05, 0.1) is 12.2 Å². The number of carbonyl (C=O) groups excluding carboxylic acids is 1. The summed E-state index contributed by atoms with van der Waals surface area (Å²) in [4.78, 5) is 10.9. The second-order valence-corrected chi connectivity index (χ2v) is 5.39. The third kappa shape index (κ3) is 4.80. The van der Waals surface area contributed by atoms with Crippen LogP contribution in [-0.2, 0) is 0 Å². The van der Waals surface area contributed by atoms with Gasteiger partial charge >= 0.3 is 0 Å². The van der Waals surface area contributed by atoms with E-state index in [2.05, 4.69) is 0 Å². The van der Waals surface area contributed by atoms with Crippen LogP contribution in [0, 0.1) is 0 Å². The minimum Gasteiger partial charge on any atom is -0.494 e. The molecule has 21 heavy (non-hydrogen) atoms. The first-order chi connectivity index (χ1) is 10.2. The van der Waals surface area contributed by atoms with Crippen LogP contribution >= 0.6 is 11.6 Å². The van der Waals surface area contributed by atoms with Gasteiger partial charge in [0, 0.05) is 5.38 Å². The maximum Gasteiger partial charge on any atom is 0.153 e. The third-order valence-corrected chi connectivity index (χ3v) is 3.10. The largest absolute Gasteiger partial charge is 0.494 e. The Bertz CT molecular complexity index is 579. The van der Waals surface area contributed by atoms with Gasteiger partial charge in [0.2, 0.25) is 0 Å². The molecule has 2 aromatic carbocycles. The van der Waals surface area contributed by atoms with Gasteiger partial charge in [0.1, 0.15) is 17.2 Å². The fraction of sp³-hybridized carbons (Fsp3) is 0.235. The third-order valence-electron chi connectivity index (χ3n) is 2.88. The second kappa shape index (κ2) is 7.70. The first-order valence-electron chi connectivity index (χ1n) is 6.78. The SMILES string of the molecule is CC(Cl)CCOc1ccc(Oc2ccccc2C=O)cc1. The highest BCUT2D eigenvalue weighted by molar-refractivity contribution is 6.20. The van der Waals surface area contributed by atoms with Crippen molar-refractivity contribution in [3.63, 3.8) is 0 Å². The molecule has 0 heterocycles. The lowest BCUT2D eigenvalue weighted by Crippen LogP contribution is -2.02. The van der Waals surface area contributed by atoms with Crippen molar-refractivity contribution in [1.82, 2.24) is 0 Å². The monoisotopic (exact) mass is 304 g/mol. The molecule has 3 nitrogen and oxygen atoms in total. The predicted octanol–water partition coefficient (Wildman–Crippen LogP) is 4.69. The van der Waals surface area contributed by atoms with Crippen molar-refractivity contribution < 1.29 is 14.3 Å². The average Bonchev–Trinajstić information content (AvgIpc) is 2.49. The molecule has 0 aromatic heterocycles. The number of alkyl halides is 1. The fourth-order valence-electron chi connectivity index (χ4n) is 1.74. The van der Waals surface area contributed by atoms with E-state index in [4.69, 9.17) is 21.1 Å².